The average Bonchev–Trinajstić information content (AvgIpc) is 2.69. The van der Waals surface area contributed by atoms with E-state index in [4.69, 9.17) is 28.9 Å². The summed E-state index contributed by atoms with van der Waals surface area (Å²) in [5.74, 6) is -0.0794. The molecule has 0 radical (unpaired) electrons. The summed E-state index contributed by atoms with van der Waals surface area (Å²) < 4.78 is 0. The van der Waals surface area contributed by atoms with Gasteiger partial charge in [-0.3, -0.25) is 4.79 Å². The van der Waals surface area contributed by atoms with Crippen LogP contribution >= 0.6 is 23.2 Å². The van der Waals surface area contributed by atoms with Crippen LogP contribution < -0.4 is 5.73 Å². The number of carbonyl (C=O) groups is 1. The molecule has 0 atom stereocenters. The maximum atomic E-state index is 12.2. The minimum atomic E-state index is -0.0794. The van der Waals surface area contributed by atoms with Gasteiger partial charge in [-0.25, -0.2) is 0 Å². The molecule has 0 aromatic carbocycles. The van der Waals surface area contributed by atoms with E-state index in [-0.39, 0.29) is 18.0 Å². The third-order valence-corrected chi connectivity index (χ3v) is 4.26. The van der Waals surface area contributed by atoms with Gasteiger partial charge in [0.25, 0.3) is 5.91 Å². The first-order chi connectivity index (χ1) is 8.49. The van der Waals surface area contributed by atoms with Gasteiger partial charge in [-0.1, -0.05) is 23.2 Å². The van der Waals surface area contributed by atoms with Crippen LogP contribution in [0.15, 0.2) is 6.07 Å². The lowest BCUT2D eigenvalue weighted by Crippen LogP contribution is -2.41. The molecule has 1 aliphatic rings. The molecule has 1 fully saturated rings. The molecule has 0 saturated heterocycles. The number of carbonyl (C=O) groups excluding carboxylic acids is 1. The Kier molecular flexibility index (Phi) is 4.20. The Balaban J connectivity index is 2.04. The van der Waals surface area contributed by atoms with E-state index in [0.717, 1.165) is 25.7 Å². The maximum Gasteiger partial charge on any atom is 0.270 e. The highest BCUT2D eigenvalue weighted by Crippen LogP contribution is 2.25. The van der Waals surface area contributed by atoms with Crippen molar-refractivity contribution in [2.45, 2.75) is 37.8 Å². The van der Waals surface area contributed by atoms with E-state index in [0.29, 0.717) is 15.9 Å². The first-order valence-corrected chi connectivity index (χ1v) is 6.81. The number of hydrogen-bond donors (Lipinski definition) is 2. The van der Waals surface area contributed by atoms with E-state index in [9.17, 15) is 4.79 Å². The quantitative estimate of drug-likeness (QED) is 0.879. The second-order valence-corrected chi connectivity index (χ2v) is 5.61. The highest BCUT2D eigenvalue weighted by atomic mass is 35.5. The molecule has 1 heterocycles. The molecule has 3 N–H and O–H groups in total. The molecule has 1 aliphatic carbocycles. The summed E-state index contributed by atoms with van der Waals surface area (Å²) in [6, 6.07) is 2.09. The van der Waals surface area contributed by atoms with Gasteiger partial charge in [-0.05, 0) is 31.7 Å². The van der Waals surface area contributed by atoms with Crippen molar-refractivity contribution in [3.8, 4) is 0 Å². The largest absolute Gasteiger partial charge is 0.340 e. The van der Waals surface area contributed by atoms with Crippen molar-refractivity contribution in [3.05, 3.63) is 21.9 Å². The average molecular weight is 290 g/mol. The van der Waals surface area contributed by atoms with E-state index in [1.165, 1.54) is 0 Å². The van der Waals surface area contributed by atoms with Crippen molar-refractivity contribution in [3.63, 3.8) is 0 Å². The van der Waals surface area contributed by atoms with Gasteiger partial charge in [0.15, 0.2) is 0 Å². The third-order valence-electron chi connectivity index (χ3n) is 3.56. The fourth-order valence-electron chi connectivity index (χ4n) is 2.36. The number of aromatic nitrogens is 1. The molecule has 0 unspecified atom stereocenters. The summed E-state index contributed by atoms with van der Waals surface area (Å²) in [6.45, 7) is 0. The predicted molar refractivity (Wildman–Crippen MR) is 73.1 cm³/mol. The number of nitrogens with zero attached hydrogens (tertiary/aromatic N) is 1. The van der Waals surface area contributed by atoms with Crippen molar-refractivity contribution in [1.29, 1.82) is 0 Å². The number of amides is 1. The Morgan fingerprint density at radius 1 is 1.39 bits per heavy atom. The Bertz CT molecular complexity index is 419. The maximum absolute atomic E-state index is 12.2. The van der Waals surface area contributed by atoms with Gasteiger partial charge < -0.3 is 15.6 Å². The monoisotopic (exact) mass is 289 g/mol. The summed E-state index contributed by atoms with van der Waals surface area (Å²) >= 11 is 11.6. The summed E-state index contributed by atoms with van der Waals surface area (Å²) in [5, 5.41) is 0.679. The summed E-state index contributed by atoms with van der Waals surface area (Å²) in [4.78, 5) is 16.8. The number of aromatic amines is 1. The number of halogens is 2. The number of nitrogens with one attached hydrogen (secondary N) is 1. The Labute approximate surface area is 116 Å². The van der Waals surface area contributed by atoms with Crippen LogP contribution in [0.1, 0.15) is 36.2 Å². The van der Waals surface area contributed by atoms with Crippen molar-refractivity contribution >= 4 is 29.1 Å². The Morgan fingerprint density at radius 2 is 2.00 bits per heavy atom. The van der Waals surface area contributed by atoms with Crippen LogP contribution in [0, 0.1) is 0 Å². The molecule has 100 valence electrons. The van der Waals surface area contributed by atoms with Gasteiger partial charge in [0, 0.05) is 19.1 Å². The first-order valence-electron chi connectivity index (χ1n) is 6.05. The van der Waals surface area contributed by atoms with Crippen molar-refractivity contribution in [1.82, 2.24) is 9.88 Å². The molecule has 18 heavy (non-hydrogen) atoms. The van der Waals surface area contributed by atoms with Gasteiger partial charge in [0.05, 0.1) is 5.02 Å². The molecule has 1 amide bonds. The molecule has 0 bridgehead atoms. The highest BCUT2D eigenvalue weighted by Gasteiger charge is 2.26. The summed E-state index contributed by atoms with van der Waals surface area (Å²) in [5.41, 5.74) is 6.30. The molecule has 4 nitrogen and oxygen atoms in total. The lowest BCUT2D eigenvalue weighted by Gasteiger charge is -2.33. The topological polar surface area (TPSA) is 62.1 Å². The van der Waals surface area contributed by atoms with Gasteiger partial charge in [0.2, 0.25) is 0 Å². The molecular weight excluding hydrogens is 273 g/mol. The first kappa shape index (κ1) is 13.7. The lowest BCUT2D eigenvalue weighted by atomic mass is 9.91. The second kappa shape index (κ2) is 5.51. The standard InChI is InChI=1S/C12H17Cl2N3O/c1-17(8-4-2-7(15)3-5-8)12(18)10-6-9(13)11(14)16-10/h6-8,16H,2-5,15H2,1H3. The molecule has 1 aromatic heterocycles. The van der Waals surface area contributed by atoms with Crippen LogP contribution in [0.25, 0.3) is 0 Å². The van der Waals surface area contributed by atoms with E-state index in [1.807, 2.05) is 7.05 Å². The zero-order valence-corrected chi connectivity index (χ0v) is 11.8. The SMILES string of the molecule is CN(C(=O)c1cc(Cl)c(Cl)[nH]1)C1CCC(N)CC1. The highest BCUT2D eigenvalue weighted by molar-refractivity contribution is 6.41. The summed E-state index contributed by atoms with van der Waals surface area (Å²) in [6.07, 6.45) is 3.83. The molecule has 2 rings (SSSR count). The van der Waals surface area contributed by atoms with Crippen molar-refractivity contribution in [2.24, 2.45) is 5.73 Å². The fourth-order valence-corrected chi connectivity index (χ4v) is 2.68. The number of nitrogens with two attached hydrogens (primary N) is 1. The van der Waals surface area contributed by atoms with E-state index >= 15 is 0 Å². The van der Waals surface area contributed by atoms with Crippen LogP contribution in [0.3, 0.4) is 0 Å². The molecule has 0 aliphatic heterocycles. The van der Waals surface area contributed by atoms with E-state index < -0.39 is 0 Å². The predicted octanol–water partition coefficient (Wildman–Crippen LogP) is 2.66. The fraction of sp³-hybridized carbons (Fsp3) is 0.583. The van der Waals surface area contributed by atoms with Gasteiger partial charge in [-0.15, -0.1) is 0 Å². The van der Waals surface area contributed by atoms with E-state index in [2.05, 4.69) is 4.98 Å². The minimum Gasteiger partial charge on any atom is -0.340 e. The minimum absolute atomic E-state index is 0.0794. The Hall–Kier alpha value is -0.710. The third kappa shape index (κ3) is 2.82. The normalized spacial score (nSPS) is 24.0. The molecule has 1 aromatic rings. The van der Waals surface area contributed by atoms with Crippen LogP contribution in [0.4, 0.5) is 0 Å². The molecule has 6 heteroatoms. The van der Waals surface area contributed by atoms with Gasteiger partial charge >= 0.3 is 0 Å². The molecule has 0 spiro atoms. The molecular formula is C12H17Cl2N3O. The smallest absolute Gasteiger partial charge is 0.270 e. The molecule has 1 saturated carbocycles. The summed E-state index contributed by atoms with van der Waals surface area (Å²) in [7, 11) is 1.81. The number of hydrogen-bond acceptors (Lipinski definition) is 2. The van der Waals surface area contributed by atoms with Crippen molar-refractivity contribution < 1.29 is 4.79 Å². The van der Waals surface area contributed by atoms with Gasteiger partial charge in [0.1, 0.15) is 10.8 Å². The number of H-pyrrole nitrogens is 1. The second-order valence-electron chi connectivity index (χ2n) is 4.83. The zero-order chi connectivity index (χ0) is 13.3. The number of rotatable bonds is 2. The van der Waals surface area contributed by atoms with Crippen LogP contribution in [-0.4, -0.2) is 34.9 Å². The zero-order valence-electron chi connectivity index (χ0n) is 10.2. The van der Waals surface area contributed by atoms with Crippen LogP contribution in [0.5, 0.6) is 0 Å². The lowest BCUT2D eigenvalue weighted by molar-refractivity contribution is 0.0684. The van der Waals surface area contributed by atoms with Gasteiger partial charge in [-0.2, -0.15) is 0 Å². The van der Waals surface area contributed by atoms with Crippen LogP contribution in [-0.2, 0) is 0 Å². The Morgan fingerprint density at radius 3 is 2.50 bits per heavy atom. The van der Waals surface area contributed by atoms with Crippen LogP contribution in [0.2, 0.25) is 10.2 Å². The van der Waals surface area contributed by atoms with E-state index in [1.54, 1.807) is 11.0 Å². The van der Waals surface area contributed by atoms with Crippen molar-refractivity contribution in [2.75, 3.05) is 7.05 Å².